The molecule has 0 radical (unpaired) electrons. The van der Waals surface area contributed by atoms with E-state index in [0.29, 0.717) is 11.3 Å². The Kier molecular flexibility index (Phi) is 14.6. The highest BCUT2D eigenvalue weighted by Crippen LogP contribution is 2.30. The average Bonchev–Trinajstić information content (AvgIpc) is 2.96. The number of hydrogen-bond donors (Lipinski definition) is 3. The first-order valence-corrected chi connectivity index (χ1v) is 15.9. The first-order valence-electron chi connectivity index (χ1n) is 13.6. The number of rotatable bonds is 9. The standard InChI is InChI=1S/C25H25F4N5O4S2.2C2H6/c1-5-14(3)39-22(6-2)40(37,38)33-24(36)32-17-8-10-21(19(26)11-17)34-15(4)31-20-12-16(30-13-25(27,28)29)7-9-18(20)23(34)35;2*1-2/h6-12,30H,3,5,13H2,1-2,4H3,(H2,32,33,36);2*1-2H3/b22-6+;;. The van der Waals surface area contributed by atoms with Gasteiger partial charge in [0.1, 0.15) is 22.4 Å². The number of alkyl halides is 3. The molecule has 0 aliphatic carbocycles. The van der Waals surface area contributed by atoms with Gasteiger partial charge in [-0.3, -0.25) is 9.36 Å². The Hall–Kier alpha value is -3.85. The number of nitrogens with zero attached hydrogens (tertiary/aromatic N) is 2. The van der Waals surface area contributed by atoms with Crippen LogP contribution in [-0.4, -0.2) is 36.7 Å². The lowest BCUT2D eigenvalue weighted by molar-refractivity contribution is -0.115. The first-order chi connectivity index (χ1) is 20.6. The van der Waals surface area contributed by atoms with Crippen molar-refractivity contribution in [3.63, 3.8) is 0 Å². The third-order valence-electron chi connectivity index (χ3n) is 5.34. The van der Waals surface area contributed by atoms with Gasteiger partial charge in [-0.2, -0.15) is 13.2 Å². The minimum Gasteiger partial charge on any atom is -0.376 e. The van der Waals surface area contributed by atoms with Crippen molar-refractivity contribution < 1.29 is 30.8 Å². The van der Waals surface area contributed by atoms with Gasteiger partial charge >= 0.3 is 12.2 Å². The van der Waals surface area contributed by atoms with Crippen molar-refractivity contribution in [1.82, 2.24) is 14.3 Å². The third-order valence-corrected chi connectivity index (χ3v) is 8.49. The molecule has 0 aliphatic heterocycles. The Bertz CT molecular complexity index is 1670. The summed E-state index contributed by atoms with van der Waals surface area (Å²) >= 11 is 0.899. The van der Waals surface area contributed by atoms with Crippen LogP contribution in [0.5, 0.6) is 0 Å². The van der Waals surface area contributed by atoms with E-state index >= 15 is 4.39 Å². The SMILES string of the molecule is C=C(CC)S/C(=C\C)S(=O)(=O)NC(=O)Nc1ccc(-n2c(C)nc3cc(NCC(F)(F)F)ccc3c2=O)c(F)c1.CC.CC. The van der Waals surface area contributed by atoms with Crippen LogP contribution in [0, 0.1) is 12.7 Å². The van der Waals surface area contributed by atoms with Crippen molar-refractivity contribution in [1.29, 1.82) is 0 Å². The quantitative estimate of drug-likeness (QED) is 0.200. The Morgan fingerprint density at radius 1 is 1.09 bits per heavy atom. The number of urea groups is 1. The van der Waals surface area contributed by atoms with Crippen LogP contribution in [0.2, 0.25) is 0 Å². The van der Waals surface area contributed by atoms with Crippen LogP contribution in [0.1, 0.15) is 53.8 Å². The topological polar surface area (TPSA) is 122 Å². The van der Waals surface area contributed by atoms with E-state index in [4.69, 9.17) is 0 Å². The lowest BCUT2D eigenvalue weighted by Crippen LogP contribution is -2.34. The largest absolute Gasteiger partial charge is 0.405 e. The first kappa shape index (κ1) is 38.2. The highest BCUT2D eigenvalue weighted by Gasteiger charge is 2.27. The molecule has 0 bridgehead atoms. The van der Waals surface area contributed by atoms with Gasteiger partial charge in [-0.1, -0.05) is 59.0 Å². The number of amides is 2. The number of nitrogens with one attached hydrogen (secondary N) is 3. The summed E-state index contributed by atoms with van der Waals surface area (Å²) in [5, 5.41) is 4.48. The number of halogens is 4. The zero-order valence-corrected chi connectivity index (χ0v) is 27.2. The molecule has 3 N–H and O–H groups in total. The zero-order valence-electron chi connectivity index (χ0n) is 25.5. The maximum absolute atomic E-state index is 15.1. The maximum Gasteiger partial charge on any atom is 0.405 e. The van der Waals surface area contributed by atoms with Gasteiger partial charge in [0.15, 0.2) is 0 Å². The van der Waals surface area contributed by atoms with Gasteiger partial charge in [-0.15, -0.1) is 0 Å². The number of thioether (sulfide) groups is 1. The number of aromatic nitrogens is 2. The van der Waals surface area contributed by atoms with Gasteiger partial charge in [0, 0.05) is 11.4 Å². The number of carbonyl (C=O) groups excluding carboxylic acids is 1. The van der Waals surface area contributed by atoms with Gasteiger partial charge in [0.05, 0.1) is 16.6 Å². The summed E-state index contributed by atoms with van der Waals surface area (Å²) in [7, 11) is -4.21. The van der Waals surface area contributed by atoms with E-state index in [1.54, 1.807) is 6.92 Å². The summed E-state index contributed by atoms with van der Waals surface area (Å²) in [6.45, 7) is 15.2. The summed E-state index contributed by atoms with van der Waals surface area (Å²) < 4.78 is 80.4. The summed E-state index contributed by atoms with van der Waals surface area (Å²) in [5.74, 6) is -0.876. The van der Waals surface area contributed by atoms with E-state index in [0.717, 1.165) is 22.4 Å². The number of hydrogen-bond acceptors (Lipinski definition) is 7. The smallest absolute Gasteiger partial charge is 0.376 e. The van der Waals surface area contributed by atoms with Crippen molar-refractivity contribution in [2.45, 2.75) is 61.1 Å². The van der Waals surface area contributed by atoms with Crippen molar-refractivity contribution in [3.05, 3.63) is 80.2 Å². The van der Waals surface area contributed by atoms with E-state index in [-0.39, 0.29) is 38.0 Å². The van der Waals surface area contributed by atoms with Crippen LogP contribution in [0.3, 0.4) is 0 Å². The highest BCUT2D eigenvalue weighted by molar-refractivity contribution is 8.20. The lowest BCUT2D eigenvalue weighted by Gasteiger charge is -2.15. The molecule has 242 valence electrons. The van der Waals surface area contributed by atoms with Crippen LogP contribution < -0.4 is 20.9 Å². The van der Waals surface area contributed by atoms with Crippen molar-refractivity contribution in [3.8, 4) is 5.69 Å². The van der Waals surface area contributed by atoms with Crippen LogP contribution >= 0.6 is 11.8 Å². The minimum absolute atomic E-state index is 0.0396. The van der Waals surface area contributed by atoms with E-state index in [1.807, 2.05) is 32.4 Å². The van der Waals surface area contributed by atoms with Crippen molar-refractivity contribution >= 4 is 50.1 Å². The lowest BCUT2D eigenvalue weighted by atomic mass is 10.2. The second-order valence-electron chi connectivity index (χ2n) is 8.33. The second-order valence-corrected chi connectivity index (χ2v) is 11.5. The van der Waals surface area contributed by atoms with Crippen LogP contribution in [0.25, 0.3) is 16.6 Å². The van der Waals surface area contributed by atoms with Gasteiger partial charge < -0.3 is 10.6 Å². The molecule has 0 saturated carbocycles. The molecule has 0 fully saturated rings. The van der Waals surface area contributed by atoms with Gasteiger partial charge in [-0.25, -0.2) is 27.3 Å². The number of sulfonamides is 1. The molecule has 9 nitrogen and oxygen atoms in total. The fourth-order valence-corrected chi connectivity index (χ4v) is 5.64. The molecule has 1 heterocycles. The predicted octanol–water partition coefficient (Wildman–Crippen LogP) is 7.83. The van der Waals surface area contributed by atoms with Gasteiger partial charge in [0.2, 0.25) is 0 Å². The zero-order chi connectivity index (χ0) is 33.8. The highest BCUT2D eigenvalue weighted by atomic mass is 32.3. The number of allylic oxidation sites excluding steroid dienone is 2. The monoisotopic (exact) mass is 659 g/mol. The summed E-state index contributed by atoms with van der Waals surface area (Å²) in [6.07, 6.45) is -2.61. The molecule has 2 aromatic carbocycles. The second kappa shape index (κ2) is 16.9. The normalized spacial score (nSPS) is 11.5. The molecule has 0 aliphatic rings. The van der Waals surface area contributed by atoms with Crippen LogP contribution in [0.4, 0.5) is 33.7 Å². The van der Waals surface area contributed by atoms with Gasteiger partial charge in [-0.05, 0) is 61.6 Å². The Morgan fingerprint density at radius 2 is 1.70 bits per heavy atom. The molecule has 0 atom stereocenters. The van der Waals surface area contributed by atoms with Crippen LogP contribution in [-0.2, 0) is 10.0 Å². The predicted molar refractivity (Wildman–Crippen MR) is 171 cm³/mol. The number of carbonyl (C=O) groups is 1. The fourth-order valence-electron chi connectivity index (χ4n) is 3.47. The number of fused-ring (bicyclic) bond motifs is 1. The molecule has 2 amide bonds. The van der Waals surface area contributed by atoms with E-state index in [9.17, 15) is 31.2 Å². The fraction of sp³-hybridized carbons (Fsp3) is 0.345. The molecule has 3 rings (SSSR count). The van der Waals surface area contributed by atoms with E-state index < -0.39 is 40.2 Å². The van der Waals surface area contributed by atoms with Gasteiger partial charge in [0.25, 0.3) is 15.6 Å². The molecular weight excluding hydrogens is 622 g/mol. The summed E-state index contributed by atoms with van der Waals surface area (Å²) in [4.78, 5) is 30.3. The van der Waals surface area contributed by atoms with E-state index in [2.05, 4.69) is 22.2 Å². The molecule has 0 spiro atoms. The molecule has 44 heavy (non-hydrogen) atoms. The van der Waals surface area contributed by atoms with Crippen molar-refractivity contribution in [2.24, 2.45) is 0 Å². The number of benzene rings is 2. The number of aryl methyl sites for hydroxylation is 1. The Labute approximate surface area is 258 Å². The Morgan fingerprint density at radius 3 is 2.25 bits per heavy atom. The molecule has 15 heteroatoms. The molecular formula is C29H37F4N5O4S2. The Balaban J connectivity index is 0.00000232. The average molecular weight is 660 g/mol. The minimum atomic E-state index is -4.44. The number of anilines is 2. The van der Waals surface area contributed by atoms with Crippen LogP contribution in [0.15, 0.2) is 63.0 Å². The maximum atomic E-state index is 15.1. The molecule has 0 unspecified atom stereocenters. The molecule has 0 saturated heterocycles. The summed E-state index contributed by atoms with van der Waals surface area (Å²) in [5.41, 5.74) is -0.755. The molecule has 3 aromatic rings. The third kappa shape index (κ3) is 10.4. The van der Waals surface area contributed by atoms with Crippen molar-refractivity contribution in [2.75, 3.05) is 17.2 Å². The van der Waals surface area contributed by atoms with E-state index in [1.165, 1.54) is 50.3 Å². The summed E-state index contributed by atoms with van der Waals surface area (Å²) in [6, 6.07) is 6.06. The molecule has 1 aromatic heterocycles.